The van der Waals surface area contributed by atoms with E-state index in [2.05, 4.69) is 11.9 Å². The molecule has 2 rings (SSSR count). The first-order chi connectivity index (χ1) is 7.74. The molecular weight excluding hydrogens is 218 g/mol. The predicted molar refractivity (Wildman–Crippen MR) is 66.7 cm³/mol. The quantitative estimate of drug-likeness (QED) is 0.883. The molecule has 0 bridgehead atoms. The van der Waals surface area contributed by atoms with Gasteiger partial charge < -0.3 is 5.11 Å². The molecule has 1 unspecified atom stereocenters. The van der Waals surface area contributed by atoms with Crippen LogP contribution in [-0.2, 0) is 6.42 Å². The van der Waals surface area contributed by atoms with Crippen LogP contribution in [0.2, 0.25) is 0 Å². The van der Waals surface area contributed by atoms with E-state index in [1.54, 1.807) is 17.5 Å². The number of hydrogen-bond donors (Lipinski definition) is 1. The number of aliphatic hydroxyl groups excluding tert-OH is 1. The molecule has 1 N–H and O–H groups in total. The van der Waals surface area contributed by atoms with Crippen LogP contribution in [0.15, 0.2) is 29.9 Å². The number of pyridine rings is 1. The largest absolute Gasteiger partial charge is 0.384 e. The highest BCUT2D eigenvalue weighted by molar-refractivity contribution is 7.10. The first kappa shape index (κ1) is 11.3. The molecule has 0 saturated heterocycles. The van der Waals surface area contributed by atoms with Crippen molar-refractivity contribution in [3.05, 3.63) is 51.5 Å². The lowest BCUT2D eigenvalue weighted by atomic mass is 9.98. The summed E-state index contributed by atoms with van der Waals surface area (Å²) in [4.78, 5) is 5.27. The summed E-state index contributed by atoms with van der Waals surface area (Å²) in [5.41, 5.74) is 3.09. The van der Waals surface area contributed by atoms with Crippen molar-refractivity contribution in [1.29, 1.82) is 0 Å². The summed E-state index contributed by atoms with van der Waals surface area (Å²) >= 11 is 1.67. The summed E-state index contributed by atoms with van der Waals surface area (Å²) < 4.78 is 0. The minimum Gasteiger partial charge on any atom is -0.384 e. The van der Waals surface area contributed by atoms with Crippen molar-refractivity contribution in [2.24, 2.45) is 0 Å². The molecule has 16 heavy (non-hydrogen) atoms. The Morgan fingerprint density at radius 3 is 2.81 bits per heavy atom. The molecule has 2 heterocycles. The molecule has 84 valence electrons. The Morgan fingerprint density at radius 1 is 1.38 bits per heavy atom. The Balaban J connectivity index is 2.41. The highest BCUT2D eigenvalue weighted by Gasteiger charge is 2.16. The maximum absolute atomic E-state index is 10.4. The smallest absolute Gasteiger partial charge is 0.105 e. The van der Waals surface area contributed by atoms with E-state index in [0.29, 0.717) is 0 Å². The van der Waals surface area contributed by atoms with Crippen molar-refractivity contribution >= 4 is 11.3 Å². The van der Waals surface area contributed by atoms with E-state index in [1.165, 1.54) is 4.88 Å². The van der Waals surface area contributed by atoms with E-state index in [0.717, 1.165) is 23.1 Å². The van der Waals surface area contributed by atoms with Crippen molar-refractivity contribution in [3.63, 3.8) is 0 Å². The van der Waals surface area contributed by atoms with Gasteiger partial charge in [-0.15, -0.1) is 11.3 Å². The van der Waals surface area contributed by atoms with Crippen LogP contribution in [0, 0.1) is 6.92 Å². The summed E-state index contributed by atoms with van der Waals surface area (Å²) in [6.07, 6.45) is 3.94. The number of aromatic nitrogens is 1. The van der Waals surface area contributed by atoms with Gasteiger partial charge in [0.2, 0.25) is 0 Å². The van der Waals surface area contributed by atoms with Gasteiger partial charge in [0.25, 0.3) is 0 Å². The number of hydrogen-bond acceptors (Lipinski definition) is 3. The van der Waals surface area contributed by atoms with Crippen molar-refractivity contribution in [3.8, 4) is 0 Å². The Bertz CT molecular complexity index is 478. The summed E-state index contributed by atoms with van der Waals surface area (Å²) in [6, 6.07) is 3.89. The molecule has 1 atom stereocenters. The van der Waals surface area contributed by atoms with E-state index < -0.39 is 6.10 Å². The Morgan fingerprint density at radius 2 is 2.19 bits per heavy atom. The van der Waals surface area contributed by atoms with Gasteiger partial charge in [0, 0.05) is 17.3 Å². The van der Waals surface area contributed by atoms with Gasteiger partial charge in [-0.25, -0.2) is 0 Å². The molecule has 0 aliphatic rings. The fraction of sp³-hybridized carbons (Fsp3) is 0.308. The number of thiophene rings is 1. The zero-order chi connectivity index (χ0) is 11.5. The van der Waals surface area contributed by atoms with E-state index in [4.69, 9.17) is 0 Å². The number of aryl methyl sites for hydroxylation is 2. The van der Waals surface area contributed by atoms with Crippen LogP contribution in [0.1, 0.15) is 34.6 Å². The molecular formula is C13H15NOS. The maximum Gasteiger partial charge on any atom is 0.105 e. The Labute approximate surface area is 99.6 Å². The third kappa shape index (κ3) is 2.01. The molecule has 0 saturated carbocycles. The van der Waals surface area contributed by atoms with Gasteiger partial charge >= 0.3 is 0 Å². The van der Waals surface area contributed by atoms with Gasteiger partial charge in [-0.1, -0.05) is 6.92 Å². The third-order valence-electron chi connectivity index (χ3n) is 2.81. The molecule has 2 aromatic heterocycles. The summed E-state index contributed by atoms with van der Waals surface area (Å²) in [7, 11) is 0. The molecule has 0 aliphatic carbocycles. The number of nitrogens with zero attached hydrogens (tertiary/aromatic N) is 1. The molecule has 3 heteroatoms. The monoisotopic (exact) mass is 233 g/mol. The second-order valence-electron chi connectivity index (χ2n) is 3.76. The zero-order valence-corrected chi connectivity index (χ0v) is 10.3. The second-order valence-corrected chi connectivity index (χ2v) is 4.88. The topological polar surface area (TPSA) is 33.1 Å². The zero-order valence-electron chi connectivity index (χ0n) is 9.47. The lowest BCUT2D eigenvalue weighted by Gasteiger charge is -2.14. The average molecular weight is 233 g/mol. The molecule has 2 nitrogen and oxygen atoms in total. The Kier molecular flexibility index (Phi) is 3.36. The lowest BCUT2D eigenvalue weighted by molar-refractivity contribution is 0.219. The van der Waals surface area contributed by atoms with Crippen molar-refractivity contribution in [2.75, 3.05) is 0 Å². The van der Waals surface area contributed by atoms with Gasteiger partial charge in [0.1, 0.15) is 6.10 Å². The van der Waals surface area contributed by atoms with Gasteiger partial charge in [-0.05, 0) is 47.5 Å². The summed E-state index contributed by atoms with van der Waals surface area (Å²) in [5.74, 6) is 0. The van der Waals surface area contributed by atoms with Gasteiger partial charge in [0.15, 0.2) is 0 Å². The molecule has 0 fully saturated rings. The van der Waals surface area contributed by atoms with Crippen LogP contribution in [0.3, 0.4) is 0 Å². The van der Waals surface area contributed by atoms with E-state index in [-0.39, 0.29) is 0 Å². The second kappa shape index (κ2) is 4.76. The molecule has 0 aliphatic heterocycles. The summed E-state index contributed by atoms with van der Waals surface area (Å²) in [5, 5.41) is 12.4. The first-order valence-corrected chi connectivity index (χ1v) is 6.26. The molecule has 0 aromatic carbocycles. The maximum atomic E-state index is 10.4. The van der Waals surface area contributed by atoms with E-state index >= 15 is 0 Å². The number of aliphatic hydroxyl groups is 1. The lowest BCUT2D eigenvalue weighted by Crippen LogP contribution is -2.04. The summed E-state index contributed by atoms with van der Waals surface area (Å²) in [6.45, 7) is 4.11. The van der Waals surface area contributed by atoms with Crippen molar-refractivity contribution in [2.45, 2.75) is 26.4 Å². The normalized spacial score (nSPS) is 12.7. The minimum absolute atomic E-state index is 0.524. The highest BCUT2D eigenvalue weighted by Crippen LogP contribution is 2.29. The van der Waals surface area contributed by atoms with Crippen molar-refractivity contribution < 1.29 is 5.11 Å². The first-order valence-electron chi connectivity index (χ1n) is 5.39. The fourth-order valence-corrected chi connectivity index (χ4v) is 2.58. The van der Waals surface area contributed by atoms with Crippen LogP contribution in [0.25, 0.3) is 0 Å². The van der Waals surface area contributed by atoms with Crippen LogP contribution in [0.5, 0.6) is 0 Å². The van der Waals surface area contributed by atoms with Crippen molar-refractivity contribution in [1.82, 2.24) is 4.98 Å². The third-order valence-corrected chi connectivity index (χ3v) is 3.67. The number of rotatable bonds is 3. The standard InChI is InChI=1S/C13H15NOS/c1-3-10-8-14-6-4-12(10)13(15)11-5-7-16-9(11)2/h4-8,13,15H,3H2,1-2H3. The van der Waals surface area contributed by atoms with E-state index in [9.17, 15) is 5.11 Å². The molecule has 0 radical (unpaired) electrons. The predicted octanol–water partition coefficient (Wildman–Crippen LogP) is 3.10. The molecule has 0 spiro atoms. The minimum atomic E-state index is -0.524. The van der Waals surface area contributed by atoms with Crippen LogP contribution < -0.4 is 0 Å². The van der Waals surface area contributed by atoms with Gasteiger partial charge in [-0.3, -0.25) is 4.98 Å². The molecule has 2 aromatic rings. The fourth-order valence-electron chi connectivity index (χ4n) is 1.85. The van der Waals surface area contributed by atoms with Gasteiger partial charge in [0.05, 0.1) is 0 Å². The average Bonchev–Trinajstić information content (AvgIpc) is 2.74. The SMILES string of the molecule is CCc1cnccc1C(O)c1ccsc1C. The van der Waals surface area contributed by atoms with E-state index in [1.807, 2.05) is 30.6 Å². The van der Waals surface area contributed by atoms with Gasteiger partial charge in [-0.2, -0.15) is 0 Å². The highest BCUT2D eigenvalue weighted by atomic mass is 32.1. The van der Waals surface area contributed by atoms with Crippen LogP contribution >= 0.6 is 11.3 Å². The molecule has 0 amide bonds. The van der Waals surface area contributed by atoms with Crippen LogP contribution in [-0.4, -0.2) is 10.1 Å². The van der Waals surface area contributed by atoms with Crippen LogP contribution in [0.4, 0.5) is 0 Å². The Hall–Kier alpha value is -1.19.